The topological polar surface area (TPSA) is 107 Å². The highest BCUT2D eigenvalue weighted by atomic mass is 32.1. The number of ether oxygens (including phenoxy) is 1. The van der Waals surface area contributed by atoms with Crippen LogP contribution in [0.4, 0.5) is 9.80 Å². The van der Waals surface area contributed by atoms with Crippen LogP contribution in [0.5, 0.6) is 5.75 Å². The van der Waals surface area contributed by atoms with Gasteiger partial charge in [0.1, 0.15) is 16.8 Å². The largest absolute Gasteiger partial charge is 0.496 e. The normalized spacial score (nSPS) is 13.3. The van der Waals surface area contributed by atoms with Gasteiger partial charge in [-0.2, -0.15) is 5.26 Å². The van der Waals surface area contributed by atoms with E-state index in [9.17, 15) is 14.9 Å². The Labute approximate surface area is 214 Å². The molecule has 0 saturated carbocycles. The maximum atomic E-state index is 12.9. The third kappa shape index (κ3) is 5.83. The number of thiophene rings is 1. The molecule has 0 saturated heterocycles. The van der Waals surface area contributed by atoms with Crippen molar-refractivity contribution in [3.05, 3.63) is 75.9 Å². The van der Waals surface area contributed by atoms with Crippen LogP contribution < -0.4 is 15.4 Å². The standard InChI is InChI=1S/C27H29N5O3S/c1-18(20-7-3-4-8-23(20)35-2)14-25(33)31-26-22(15-28)21-10-13-32(17-24(21)36-26)27(34)30-12-9-19-6-5-11-29-16-19/h3-8,11,16,18H,9-10,12-14,17H2,1-2H3,(H,30,34)(H,31,33). The molecule has 3 aromatic rings. The number of anilines is 1. The molecule has 0 fully saturated rings. The minimum absolute atomic E-state index is 0.0490. The number of para-hydroxylation sites is 1. The molecule has 9 heteroatoms. The minimum Gasteiger partial charge on any atom is -0.496 e. The number of carbonyl (C=O) groups is 2. The first-order valence-electron chi connectivity index (χ1n) is 11.9. The number of rotatable bonds is 8. The van der Waals surface area contributed by atoms with Crippen molar-refractivity contribution in [2.45, 2.75) is 38.6 Å². The Morgan fingerprint density at radius 3 is 2.86 bits per heavy atom. The molecule has 1 aliphatic heterocycles. The first-order chi connectivity index (χ1) is 17.5. The van der Waals surface area contributed by atoms with E-state index in [1.807, 2.05) is 43.3 Å². The number of carbonyl (C=O) groups excluding carboxylic acids is 2. The van der Waals surface area contributed by atoms with Gasteiger partial charge in [0.05, 0.1) is 19.2 Å². The van der Waals surface area contributed by atoms with Crippen molar-refractivity contribution < 1.29 is 14.3 Å². The lowest BCUT2D eigenvalue weighted by Crippen LogP contribution is -2.43. The lowest BCUT2D eigenvalue weighted by Gasteiger charge is -2.27. The second-order valence-corrected chi connectivity index (χ2v) is 9.83. The van der Waals surface area contributed by atoms with Crippen molar-refractivity contribution in [3.8, 4) is 11.8 Å². The Morgan fingerprint density at radius 2 is 2.11 bits per heavy atom. The van der Waals surface area contributed by atoms with Crippen LogP contribution in [0, 0.1) is 11.3 Å². The number of pyridine rings is 1. The number of benzene rings is 1. The van der Waals surface area contributed by atoms with Crippen LogP contribution in [-0.4, -0.2) is 42.0 Å². The van der Waals surface area contributed by atoms with Gasteiger partial charge in [-0.3, -0.25) is 9.78 Å². The molecule has 1 aromatic carbocycles. The second-order valence-electron chi connectivity index (χ2n) is 8.73. The smallest absolute Gasteiger partial charge is 0.317 e. The van der Waals surface area contributed by atoms with E-state index in [1.165, 1.54) is 11.3 Å². The molecule has 186 valence electrons. The predicted octanol–water partition coefficient (Wildman–Crippen LogP) is 4.47. The molecular formula is C27H29N5O3S. The summed E-state index contributed by atoms with van der Waals surface area (Å²) in [7, 11) is 1.62. The summed E-state index contributed by atoms with van der Waals surface area (Å²) in [6.07, 6.45) is 5.07. The fraction of sp³-hybridized carbons (Fsp3) is 0.333. The van der Waals surface area contributed by atoms with Gasteiger partial charge in [0, 0.05) is 36.8 Å². The fourth-order valence-electron chi connectivity index (χ4n) is 4.39. The Morgan fingerprint density at radius 1 is 1.28 bits per heavy atom. The summed E-state index contributed by atoms with van der Waals surface area (Å²) in [5.41, 5.74) is 3.46. The molecule has 36 heavy (non-hydrogen) atoms. The van der Waals surface area contributed by atoms with Gasteiger partial charge in [0.2, 0.25) is 5.91 Å². The molecule has 3 heterocycles. The highest BCUT2D eigenvalue weighted by Gasteiger charge is 2.28. The molecular weight excluding hydrogens is 474 g/mol. The Balaban J connectivity index is 1.36. The number of urea groups is 1. The third-order valence-electron chi connectivity index (χ3n) is 6.28. The lowest BCUT2D eigenvalue weighted by atomic mass is 9.96. The van der Waals surface area contributed by atoms with Crippen LogP contribution in [0.25, 0.3) is 0 Å². The quantitative estimate of drug-likeness (QED) is 0.472. The monoisotopic (exact) mass is 503 g/mol. The van der Waals surface area contributed by atoms with Gasteiger partial charge in [-0.1, -0.05) is 31.2 Å². The zero-order valence-electron chi connectivity index (χ0n) is 20.4. The number of nitriles is 1. The molecule has 3 amide bonds. The molecule has 4 rings (SSSR count). The Bertz CT molecular complexity index is 1270. The van der Waals surface area contributed by atoms with Crippen LogP contribution in [0.1, 0.15) is 46.4 Å². The van der Waals surface area contributed by atoms with Gasteiger partial charge in [0.15, 0.2) is 0 Å². The molecule has 2 aromatic heterocycles. The number of nitrogens with one attached hydrogen (secondary N) is 2. The van der Waals surface area contributed by atoms with Crippen LogP contribution in [0.3, 0.4) is 0 Å². The minimum atomic E-state index is -0.159. The van der Waals surface area contributed by atoms with Crippen LogP contribution in [-0.2, 0) is 24.2 Å². The van der Waals surface area contributed by atoms with E-state index in [0.29, 0.717) is 43.0 Å². The van der Waals surface area contributed by atoms with Crippen molar-refractivity contribution in [3.63, 3.8) is 0 Å². The number of hydrogen-bond donors (Lipinski definition) is 2. The van der Waals surface area contributed by atoms with Gasteiger partial charge >= 0.3 is 6.03 Å². The van der Waals surface area contributed by atoms with E-state index in [1.54, 1.807) is 24.4 Å². The average molecular weight is 504 g/mol. The number of amides is 3. The van der Waals surface area contributed by atoms with E-state index < -0.39 is 0 Å². The maximum Gasteiger partial charge on any atom is 0.317 e. The van der Waals surface area contributed by atoms with Gasteiger partial charge in [0.25, 0.3) is 0 Å². The summed E-state index contributed by atoms with van der Waals surface area (Å²) in [6.45, 7) is 3.44. The van der Waals surface area contributed by atoms with Crippen molar-refractivity contribution in [2.24, 2.45) is 0 Å². The first kappa shape index (κ1) is 25.2. The first-order valence-corrected chi connectivity index (χ1v) is 12.7. The summed E-state index contributed by atoms with van der Waals surface area (Å²) in [4.78, 5) is 32.3. The van der Waals surface area contributed by atoms with Crippen molar-refractivity contribution in [1.82, 2.24) is 15.2 Å². The van der Waals surface area contributed by atoms with Crippen molar-refractivity contribution >= 4 is 28.3 Å². The van der Waals surface area contributed by atoms with E-state index in [0.717, 1.165) is 27.3 Å². The fourth-order valence-corrected chi connectivity index (χ4v) is 5.62. The zero-order valence-corrected chi connectivity index (χ0v) is 21.2. The summed E-state index contributed by atoms with van der Waals surface area (Å²) in [5, 5.41) is 16.3. The zero-order chi connectivity index (χ0) is 25.5. The summed E-state index contributed by atoms with van der Waals surface area (Å²) in [5.74, 6) is 0.543. The second kappa shape index (κ2) is 11.7. The number of hydrogen-bond acceptors (Lipinski definition) is 6. The highest BCUT2D eigenvalue weighted by molar-refractivity contribution is 7.16. The molecule has 2 N–H and O–H groups in total. The van der Waals surface area contributed by atoms with Crippen LogP contribution in [0.15, 0.2) is 48.8 Å². The molecule has 0 radical (unpaired) electrons. The number of aromatic nitrogens is 1. The van der Waals surface area contributed by atoms with E-state index in [4.69, 9.17) is 4.74 Å². The maximum absolute atomic E-state index is 12.9. The molecule has 0 spiro atoms. The van der Waals surface area contributed by atoms with Crippen LogP contribution in [0.2, 0.25) is 0 Å². The Hall–Kier alpha value is -3.90. The summed E-state index contributed by atoms with van der Waals surface area (Å²) >= 11 is 1.38. The van der Waals surface area contributed by atoms with E-state index >= 15 is 0 Å². The predicted molar refractivity (Wildman–Crippen MR) is 139 cm³/mol. The number of fused-ring (bicyclic) bond motifs is 1. The highest BCUT2D eigenvalue weighted by Crippen LogP contribution is 2.37. The molecule has 8 nitrogen and oxygen atoms in total. The summed E-state index contributed by atoms with van der Waals surface area (Å²) < 4.78 is 5.42. The van der Waals surface area contributed by atoms with E-state index in [-0.39, 0.29) is 24.3 Å². The lowest BCUT2D eigenvalue weighted by molar-refractivity contribution is -0.116. The Kier molecular flexibility index (Phi) is 8.18. The SMILES string of the molecule is COc1ccccc1C(C)CC(=O)Nc1sc2c(c1C#N)CCN(C(=O)NCCc1cccnc1)C2. The molecule has 1 atom stereocenters. The van der Waals surface area contributed by atoms with Gasteiger partial charge in [-0.15, -0.1) is 11.3 Å². The van der Waals surface area contributed by atoms with Crippen molar-refractivity contribution in [2.75, 3.05) is 25.5 Å². The molecule has 0 aliphatic carbocycles. The van der Waals surface area contributed by atoms with E-state index in [2.05, 4.69) is 21.7 Å². The van der Waals surface area contributed by atoms with Crippen molar-refractivity contribution in [1.29, 1.82) is 5.26 Å². The molecule has 1 aliphatic rings. The average Bonchev–Trinajstić information content (AvgIpc) is 3.24. The molecule has 1 unspecified atom stereocenters. The number of methoxy groups -OCH3 is 1. The van der Waals surface area contributed by atoms with Gasteiger partial charge < -0.3 is 20.3 Å². The molecule has 0 bridgehead atoms. The summed E-state index contributed by atoms with van der Waals surface area (Å²) in [6, 6.07) is 13.6. The third-order valence-corrected chi connectivity index (χ3v) is 7.42. The number of nitrogens with zero attached hydrogens (tertiary/aromatic N) is 3. The van der Waals surface area contributed by atoms with Gasteiger partial charge in [-0.25, -0.2) is 4.79 Å². The van der Waals surface area contributed by atoms with Crippen LogP contribution >= 0.6 is 11.3 Å². The van der Waals surface area contributed by atoms with Gasteiger partial charge in [-0.05, 0) is 47.6 Å².